The second-order valence-corrected chi connectivity index (χ2v) is 12.0. The van der Waals surface area contributed by atoms with Crippen LogP contribution in [0.4, 0.5) is 27.6 Å². The first kappa shape index (κ1) is 29.6. The summed E-state index contributed by atoms with van der Waals surface area (Å²) in [4.78, 5) is 14.3. The molecule has 2 aliphatic heterocycles. The molecule has 0 saturated carbocycles. The molecule has 44 heavy (non-hydrogen) atoms. The van der Waals surface area contributed by atoms with Crippen LogP contribution < -0.4 is 14.4 Å². The Morgan fingerprint density at radius 1 is 1.07 bits per heavy atom. The second-order valence-electron chi connectivity index (χ2n) is 10.1. The third-order valence-corrected chi connectivity index (χ3v) is 9.36. The van der Waals surface area contributed by atoms with Gasteiger partial charge in [0.05, 0.1) is 11.4 Å². The van der Waals surface area contributed by atoms with E-state index < -0.39 is 40.6 Å². The average molecular weight is 640 g/mol. The highest BCUT2D eigenvalue weighted by Gasteiger charge is 2.45. The molecule has 232 valence electrons. The number of halogens is 5. The fraction of sp³-hybridized carbons (Fsp3) is 0.296. The number of rotatable bonds is 5. The van der Waals surface area contributed by atoms with Crippen LogP contribution in [0, 0.1) is 13.8 Å². The monoisotopic (exact) mass is 639 g/mol. The van der Waals surface area contributed by atoms with Gasteiger partial charge in [-0.1, -0.05) is 11.2 Å². The van der Waals surface area contributed by atoms with Crippen LogP contribution in [-0.4, -0.2) is 53.5 Å². The summed E-state index contributed by atoms with van der Waals surface area (Å²) in [6.45, 7) is 2.08. The quantitative estimate of drug-likeness (QED) is 0.285. The molecule has 17 heteroatoms. The van der Waals surface area contributed by atoms with Crippen LogP contribution in [0.15, 0.2) is 51.9 Å². The number of hydrogen-bond acceptors (Lipinski definition) is 8. The van der Waals surface area contributed by atoms with Crippen LogP contribution in [0.25, 0.3) is 5.69 Å². The van der Waals surface area contributed by atoms with Crippen LogP contribution in [0.1, 0.15) is 38.8 Å². The van der Waals surface area contributed by atoms with Gasteiger partial charge >= 0.3 is 12.5 Å². The Morgan fingerprint density at radius 2 is 1.80 bits per heavy atom. The Hall–Kier alpha value is -4.51. The zero-order chi connectivity index (χ0) is 31.8. The maximum Gasteiger partial charge on any atom is 0.586 e. The Kier molecular flexibility index (Phi) is 6.73. The molecule has 0 unspecified atom stereocenters. The first-order valence-electron chi connectivity index (χ1n) is 13.0. The van der Waals surface area contributed by atoms with Crippen molar-refractivity contribution in [2.75, 3.05) is 18.5 Å². The Bertz CT molecular complexity index is 1900. The molecule has 0 spiro atoms. The summed E-state index contributed by atoms with van der Waals surface area (Å²) >= 11 is 0. The Balaban J connectivity index is 1.33. The lowest BCUT2D eigenvalue weighted by Gasteiger charge is -2.27. The standard InChI is InChI=1S/C27H22F5N5O6S/c1-14-23(15(2)43-34-14)44(39,40)36-10-9-20-19(13-36)24(26(28,29)30)33-37(20)18-6-4-5-16(11-18)25(38)35(3)17-7-8-21-22(12-17)42-27(31,32)41-21/h4-8,11-12H,9-10,13H2,1-3H3. The van der Waals surface area contributed by atoms with Crippen molar-refractivity contribution >= 4 is 21.6 Å². The van der Waals surface area contributed by atoms with Gasteiger partial charge in [-0.2, -0.15) is 22.6 Å². The number of carbonyl (C=O) groups excluding carboxylic acids is 1. The molecular formula is C27H22F5N5O6S. The molecule has 2 aliphatic rings. The Labute approximate surface area is 246 Å². The number of anilines is 1. The van der Waals surface area contributed by atoms with E-state index in [-0.39, 0.29) is 69.0 Å². The number of benzene rings is 2. The molecule has 0 fully saturated rings. The van der Waals surface area contributed by atoms with Gasteiger partial charge in [0.25, 0.3) is 5.91 Å². The Morgan fingerprint density at radius 3 is 2.48 bits per heavy atom. The molecule has 0 N–H and O–H groups in total. The summed E-state index contributed by atoms with van der Waals surface area (Å²) in [5, 5.41) is 7.46. The summed E-state index contributed by atoms with van der Waals surface area (Å²) in [6, 6.07) is 9.46. The van der Waals surface area contributed by atoms with E-state index in [2.05, 4.69) is 19.7 Å². The van der Waals surface area contributed by atoms with Gasteiger partial charge in [-0.15, -0.1) is 8.78 Å². The number of alkyl halides is 5. The molecule has 6 rings (SSSR count). The highest BCUT2D eigenvalue weighted by molar-refractivity contribution is 7.89. The van der Waals surface area contributed by atoms with E-state index in [1.54, 1.807) is 0 Å². The summed E-state index contributed by atoms with van der Waals surface area (Å²) in [5.41, 5.74) is -0.965. The first-order valence-corrected chi connectivity index (χ1v) is 14.4. The van der Waals surface area contributed by atoms with Gasteiger partial charge in [-0.25, -0.2) is 13.1 Å². The van der Waals surface area contributed by atoms with Crippen molar-refractivity contribution < 1.29 is 49.2 Å². The number of nitrogens with zero attached hydrogens (tertiary/aromatic N) is 5. The number of hydrogen-bond donors (Lipinski definition) is 0. The molecule has 0 bridgehead atoms. The maximum atomic E-state index is 14.2. The molecule has 2 aromatic carbocycles. The number of aromatic nitrogens is 3. The van der Waals surface area contributed by atoms with Gasteiger partial charge in [0, 0.05) is 49.4 Å². The minimum Gasteiger partial charge on any atom is -0.395 e. The van der Waals surface area contributed by atoms with E-state index >= 15 is 0 Å². The van der Waals surface area contributed by atoms with E-state index in [4.69, 9.17) is 4.52 Å². The highest BCUT2D eigenvalue weighted by atomic mass is 32.2. The summed E-state index contributed by atoms with van der Waals surface area (Å²) < 4.78 is 112. The normalized spacial score (nSPS) is 16.2. The molecule has 0 aliphatic carbocycles. The number of aryl methyl sites for hydroxylation is 2. The molecule has 11 nitrogen and oxygen atoms in total. The highest BCUT2D eigenvalue weighted by Crippen LogP contribution is 2.43. The van der Waals surface area contributed by atoms with E-state index in [9.17, 15) is 35.2 Å². The zero-order valence-corrected chi connectivity index (χ0v) is 24.0. The molecule has 4 aromatic rings. The van der Waals surface area contributed by atoms with Crippen molar-refractivity contribution in [2.24, 2.45) is 0 Å². The van der Waals surface area contributed by atoms with Crippen molar-refractivity contribution in [2.45, 2.75) is 44.2 Å². The van der Waals surface area contributed by atoms with E-state index in [0.29, 0.717) is 0 Å². The van der Waals surface area contributed by atoms with Gasteiger partial charge in [-0.05, 0) is 44.2 Å². The SMILES string of the molecule is Cc1noc(C)c1S(=O)(=O)N1CCc2c(c(C(F)(F)F)nn2-c2cccc(C(=O)N(C)c3ccc4c(c3)OC(F)(F)O4)c2)C1. The van der Waals surface area contributed by atoms with E-state index in [0.717, 1.165) is 13.9 Å². The first-order chi connectivity index (χ1) is 20.6. The molecule has 0 radical (unpaired) electrons. The average Bonchev–Trinajstić information content (AvgIpc) is 3.62. The van der Waals surface area contributed by atoms with Gasteiger partial charge in [-0.3, -0.25) is 4.79 Å². The lowest BCUT2D eigenvalue weighted by atomic mass is 10.1. The molecule has 4 heterocycles. The van der Waals surface area contributed by atoms with E-state index in [1.165, 1.54) is 63.4 Å². The van der Waals surface area contributed by atoms with Crippen molar-refractivity contribution in [3.05, 3.63) is 76.4 Å². The number of amides is 1. The van der Waals surface area contributed by atoms with Gasteiger partial charge in [0.15, 0.2) is 23.0 Å². The fourth-order valence-electron chi connectivity index (χ4n) is 5.24. The van der Waals surface area contributed by atoms with Crippen LogP contribution in [0.2, 0.25) is 0 Å². The number of ether oxygens (including phenoxy) is 2. The number of sulfonamides is 1. The number of fused-ring (bicyclic) bond motifs is 2. The predicted octanol–water partition coefficient (Wildman–Crippen LogP) is 4.84. The van der Waals surface area contributed by atoms with Crippen LogP contribution >= 0.6 is 0 Å². The van der Waals surface area contributed by atoms with Gasteiger partial charge < -0.3 is 18.9 Å². The largest absolute Gasteiger partial charge is 0.586 e. The van der Waals surface area contributed by atoms with Gasteiger partial charge in [0.1, 0.15) is 10.6 Å². The minimum absolute atomic E-state index is 0.0187. The molecule has 2 aromatic heterocycles. The lowest BCUT2D eigenvalue weighted by molar-refractivity contribution is -0.286. The third kappa shape index (κ3) is 4.94. The molecule has 0 saturated heterocycles. The van der Waals surface area contributed by atoms with Crippen LogP contribution in [0.5, 0.6) is 11.5 Å². The fourth-order valence-corrected chi connectivity index (χ4v) is 6.94. The second kappa shape index (κ2) is 10.0. The van der Waals surface area contributed by atoms with Gasteiger partial charge in [0.2, 0.25) is 10.0 Å². The van der Waals surface area contributed by atoms with E-state index in [1.807, 2.05) is 0 Å². The van der Waals surface area contributed by atoms with Crippen molar-refractivity contribution in [3.63, 3.8) is 0 Å². The van der Waals surface area contributed by atoms with Crippen molar-refractivity contribution in [1.29, 1.82) is 0 Å². The third-order valence-electron chi connectivity index (χ3n) is 7.27. The predicted molar refractivity (Wildman–Crippen MR) is 141 cm³/mol. The lowest BCUT2D eigenvalue weighted by Crippen LogP contribution is -2.37. The summed E-state index contributed by atoms with van der Waals surface area (Å²) in [5.74, 6) is -1.06. The van der Waals surface area contributed by atoms with Crippen LogP contribution in [0.3, 0.4) is 0 Å². The molecule has 0 atom stereocenters. The topological polar surface area (TPSA) is 120 Å². The van der Waals surface area contributed by atoms with Crippen LogP contribution in [-0.2, 0) is 29.2 Å². The minimum atomic E-state index is -4.91. The summed E-state index contributed by atoms with van der Waals surface area (Å²) in [7, 11) is -2.86. The molecular weight excluding hydrogens is 617 g/mol. The summed E-state index contributed by atoms with van der Waals surface area (Å²) in [6.07, 6.45) is -8.86. The number of carbonyl (C=O) groups is 1. The van der Waals surface area contributed by atoms with Crippen molar-refractivity contribution in [3.8, 4) is 17.2 Å². The zero-order valence-electron chi connectivity index (χ0n) is 23.1. The smallest absolute Gasteiger partial charge is 0.395 e. The van der Waals surface area contributed by atoms with Crippen molar-refractivity contribution in [1.82, 2.24) is 19.2 Å². The molecule has 1 amide bonds. The maximum absolute atomic E-state index is 14.2.